The second-order valence-corrected chi connectivity index (χ2v) is 7.70. The second-order valence-electron chi connectivity index (χ2n) is 7.70. The van der Waals surface area contributed by atoms with Gasteiger partial charge >= 0.3 is 6.03 Å². The van der Waals surface area contributed by atoms with Gasteiger partial charge in [0.15, 0.2) is 0 Å². The summed E-state index contributed by atoms with van der Waals surface area (Å²) in [6, 6.07) is 4.75. The molecule has 8 heteroatoms. The number of rotatable bonds is 5. The minimum absolute atomic E-state index is 0.281. The van der Waals surface area contributed by atoms with Gasteiger partial charge in [-0.3, -0.25) is 19.4 Å². The van der Waals surface area contributed by atoms with Crippen LogP contribution in [0.3, 0.4) is 0 Å². The molecule has 150 valence electrons. The molecule has 3 aliphatic rings. The molecule has 1 aromatic rings. The Balaban J connectivity index is 1.37. The minimum atomic E-state index is -0.348. The van der Waals surface area contributed by atoms with Crippen LogP contribution in [0.1, 0.15) is 40.0 Å². The number of carbonyl (C=O) groups is 3. The number of ether oxygens (including phenoxy) is 1. The third kappa shape index (κ3) is 3.62. The van der Waals surface area contributed by atoms with E-state index in [1.165, 1.54) is 19.9 Å². The van der Waals surface area contributed by atoms with E-state index in [4.69, 9.17) is 4.74 Å². The Kier molecular flexibility index (Phi) is 5.32. The Hall–Kier alpha value is -2.45. The third-order valence-corrected chi connectivity index (χ3v) is 5.94. The van der Waals surface area contributed by atoms with Crippen LogP contribution in [0.25, 0.3) is 0 Å². The molecule has 1 aromatic carbocycles. The average molecular weight is 386 g/mol. The molecular weight excluding hydrogens is 360 g/mol. The number of anilines is 1. The Labute approximate surface area is 164 Å². The van der Waals surface area contributed by atoms with Crippen molar-refractivity contribution in [2.75, 3.05) is 45.2 Å². The molecule has 0 spiro atoms. The molecule has 2 atom stereocenters. The van der Waals surface area contributed by atoms with Gasteiger partial charge in [0, 0.05) is 37.8 Å². The van der Waals surface area contributed by atoms with Crippen LogP contribution >= 0.6 is 0 Å². The number of amides is 4. The third-order valence-electron chi connectivity index (χ3n) is 5.94. The van der Waals surface area contributed by atoms with Gasteiger partial charge in [0.2, 0.25) is 0 Å². The van der Waals surface area contributed by atoms with Crippen molar-refractivity contribution in [1.29, 1.82) is 0 Å². The normalized spacial score (nSPS) is 23.2. The smallest absolute Gasteiger partial charge is 0.319 e. The fraction of sp³-hybridized carbons (Fsp3) is 0.550. The fourth-order valence-electron chi connectivity index (χ4n) is 4.33. The lowest BCUT2D eigenvalue weighted by atomic mass is 9.97. The molecule has 3 heterocycles. The van der Waals surface area contributed by atoms with E-state index in [1.54, 1.807) is 18.2 Å². The predicted octanol–water partition coefficient (Wildman–Crippen LogP) is 1.53. The molecule has 8 nitrogen and oxygen atoms in total. The topological polar surface area (TPSA) is 91.0 Å². The quantitative estimate of drug-likeness (QED) is 0.749. The highest BCUT2D eigenvalue weighted by Crippen LogP contribution is 2.26. The molecule has 0 radical (unpaired) electrons. The van der Waals surface area contributed by atoms with Crippen molar-refractivity contribution in [2.24, 2.45) is 5.92 Å². The summed E-state index contributed by atoms with van der Waals surface area (Å²) in [7, 11) is 1.45. The molecule has 0 aliphatic carbocycles. The highest BCUT2D eigenvalue weighted by Gasteiger charge is 2.34. The molecule has 28 heavy (non-hydrogen) atoms. The zero-order chi connectivity index (χ0) is 19.7. The van der Waals surface area contributed by atoms with E-state index in [-0.39, 0.29) is 23.9 Å². The van der Waals surface area contributed by atoms with Crippen molar-refractivity contribution in [3.05, 3.63) is 29.3 Å². The number of likely N-dealkylation sites (tertiary alicyclic amines) is 1. The van der Waals surface area contributed by atoms with Gasteiger partial charge in [-0.2, -0.15) is 0 Å². The maximum Gasteiger partial charge on any atom is 0.319 e. The van der Waals surface area contributed by atoms with Crippen LogP contribution in [0.2, 0.25) is 0 Å². The van der Waals surface area contributed by atoms with Gasteiger partial charge in [-0.15, -0.1) is 0 Å². The zero-order valence-electron chi connectivity index (χ0n) is 16.1. The largest absolute Gasteiger partial charge is 0.381 e. The Morgan fingerprint density at radius 2 is 1.96 bits per heavy atom. The standard InChI is InChI=1S/C20H26N4O4/c1-23-18(25)15-5-4-14(10-16(15)19(23)26)22-20(27)21-11-17(13-6-9-28-12-13)24-7-2-3-8-24/h4-5,10,13,17H,2-3,6-9,11-12H2,1H3,(H2,21,22,27). The number of hydrogen-bond acceptors (Lipinski definition) is 5. The van der Waals surface area contributed by atoms with E-state index < -0.39 is 0 Å². The van der Waals surface area contributed by atoms with Crippen LogP contribution in [0, 0.1) is 5.92 Å². The first kappa shape index (κ1) is 18.9. The number of carbonyl (C=O) groups excluding carboxylic acids is 3. The molecule has 0 aromatic heterocycles. The van der Waals surface area contributed by atoms with Crippen LogP contribution in [-0.4, -0.2) is 73.6 Å². The molecule has 4 amide bonds. The van der Waals surface area contributed by atoms with Gasteiger partial charge in [-0.05, 0) is 50.6 Å². The summed E-state index contributed by atoms with van der Waals surface area (Å²) in [5.41, 5.74) is 1.19. The SMILES string of the molecule is CN1C(=O)c2ccc(NC(=O)NCC(C3CCOC3)N3CCCC3)cc2C1=O. The van der Waals surface area contributed by atoms with Gasteiger partial charge in [0.1, 0.15) is 0 Å². The van der Waals surface area contributed by atoms with Crippen LogP contribution in [0.15, 0.2) is 18.2 Å². The zero-order valence-corrected chi connectivity index (χ0v) is 16.1. The van der Waals surface area contributed by atoms with Gasteiger partial charge in [0.25, 0.3) is 11.8 Å². The van der Waals surface area contributed by atoms with Gasteiger partial charge in [-0.25, -0.2) is 4.79 Å². The molecule has 3 aliphatic heterocycles. The number of nitrogens with zero attached hydrogens (tertiary/aromatic N) is 2. The van der Waals surface area contributed by atoms with E-state index in [9.17, 15) is 14.4 Å². The lowest BCUT2D eigenvalue weighted by Gasteiger charge is -2.31. The monoisotopic (exact) mass is 386 g/mol. The summed E-state index contributed by atoms with van der Waals surface area (Å²) >= 11 is 0. The van der Waals surface area contributed by atoms with E-state index in [0.717, 1.165) is 37.6 Å². The number of nitrogens with one attached hydrogen (secondary N) is 2. The molecule has 2 N–H and O–H groups in total. The first-order chi connectivity index (χ1) is 13.5. The van der Waals surface area contributed by atoms with Crippen LogP contribution < -0.4 is 10.6 Å². The summed E-state index contributed by atoms with van der Waals surface area (Å²) in [5, 5.41) is 5.75. The summed E-state index contributed by atoms with van der Waals surface area (Å²) in [4.78, 5) is 40.0. The highest BCUT2D eigenvalue weighted by molar-refractivity contribution is 6.21. The van der Waals surface area contributed by atoms with Crippen molar-refractivity contribution in [1.82, 2.24) is 15.1 Å². The van der Waals surface area contributed by atoms with Crippen molar-refractivity contribution >= 4 is 23.5 Å². The second kappa shape index (κ2) is 7.89. The summed E-state index contributed by atoms with van der Waals surface area (Å²) < 4.78 is 5.55. The predicted molar refractivity (Wildman–Crippen MR) is 103 cm³/mol. The molecule has 2 saturated heterocycles. The Morgan fingerprint density at radius 1 is 1.21 bits per heavy atom. The van der Waals surface area contributed by atoms with Crippen molar-refractivity contribution < 1.29 is 19.1 Å². The van der Waals surface area contributed by atoms with Crippen LogP contribution in [0.4, 0.5) is 10.5 Å². The molecule has 2 unspecified atom stereocenters. The minimum Gasteiger partial charge on any atom is -0.381 e. The van der Waals surface area contributed by atoms with E-state index >= 15 is 0 Å². The highest BCUT2D eigenvalue weighted by atomic mass is 16.5. The van der Waals surface area contributed by atoms with Gasteiger partial charge < -0.3 is 15.4 Å². The van der Waals surface area contributed by atoms with Crippen LogP contribution in [0.5, 0.6) is 0 Å². The van der Waals surface area contributed by atoms with E-state index in [2.05, 4.69) is 15.5 Å². The number of urea groups is 1. The first-order valence-corrected chi connectivity index (χ1v) is 9.87. The molecule has 0 bridgehead atoms. The number of imide groups is 1. The lowest BCUT2D eigenvalue weighted by molar-refractivity contribution is 0.0693. The molecule has 0 saturated carbocycles. The van der Waals surface area contributed by atoms with Crippen molar-refractivity contribution in [3.8, 4) is 0 Å². The van der Waals surface area contributed by atoms with Gasteiger partial charge in [0.05, 0.1) is 17.7 Å². The average Bonchev–Trinajstić information content (AvgIpc) is 3.44. The van der Waals surface area contributed by atoms with Gasteiger partial charge in [-0.1, -0.05) is 0 Å². The number of benzene rings is 1. The van der Waals surface area contributed by atoms with Crippen LogP contribution in [-0.2, 0) is 4.74 Å². The Bertz CT molecular complexity index is 768. The Morgan fingerprint density at radius 3 is 2.68 bits per heavy atom. The number of hydrogen-bond donors (Lipinski definition) is 2. The van der Waals surface area contributed by atoms with Crippen molar-refractivity contribution in [2.45, 2.75) is 25.3 Å². The summed E-state index contributed by atoms with van der Waals surface area (Å²) in [6.07, 6.45) is 3.43. The lowest BCUT2D eigenvalue weighted by Crippen LogP contribution is -2.48. The molecule has 2 fully saturated rings. The summed E-state index contributed by atoms with van der Waals surface area (Å²) in [6.45, 7) is 4.24. The maximum atomic E-state index is 12.4. The number of fused-ring (bicyclic) bond motifs is 1. The fourth-order valence-corrected chi connectivity index (χ4v) is 4.33. The summed E-state index contributed by atoms with van der Waals surface area (Å²) in [5.74, 6) is -0.222. The first-order valence-electron chi connectivity index (χ1n) is 9.87. The van der Waals surface area contributed by atoms with Crippen molar-refractivity contribution in [3.63, 3.8) is 0 Å². The van der Waals surface area contributed by atoms with E-state index in [1.807, 2.05) is 0 Å². The van der Waals surface area contributed by atoms with E-state index in [0.29, 0.717) is 29.3 Å². The molecular formula is C20H26N4O4. The molecule has 4 rings (SSSR count). The maximum absolute atomic E-state index is 12.4.